The maximum absolute atomic E-state index is 11.8. The molecule has 116 valence electrons. The largest absolute Gasteiger partial charge is 0.494 e. The Balaban J connectivity index is 2.52. The van der Waals surface area contributed by atoms with E-state index in [-0.39, 0.29) is 18.6 Å². The summed E-state index contributed by atoms with van der Waals surface area (Å²) in [6, 6.07) is 7.34. The van der Waals surface area contributed by atoms with E-state index in [4.69, 9.17) is 4.74 Å². The van der Waals surface area contributed by atoms with Gasteiger partial charge >= 0.3 is 0 Å². The lowest BCUT2D eigenvalue weighted by Crippen LogP contribution is -2.37. The normalized spacial score (nSPS) is 12.6. The van der Waals surface area contributed by atoms with Gasteiger partial charge in [0.2, 0.25) is 5.91 Å². The summed E-state index contributed by atoms with van der Waals surface area (Å²) in [6.07, 6.45) is 3.99. The van der Waals surface area contributed by atoms with Crippen molar-refractivity contribution in [3.05, 3.63) is 35.9 Å². The van der Waals surface area contributed by atoms with Crippen LogP contribution in [0.15, 0.2) is 30.3 Å². The monoisotopic (exact) mass is 291 g/mol. The van der Waals surface area contributed by atoms with Crippen molar-refractivity contribution in [2.24, 2.45) is 5.92 Å². The number of benzene rings is 1. The second-order valence-electron chi connectivity index (χ2n) is 5.35. The van der Waals surface area contributed by atoms with Crippen LogP contribution in [0.25, 0.3) is 6.08 Å². The molecule has 1 unspecified atom stereocenters. The molecule has 0 bridgehead atoms. The topological polar surface area (TPSA) is 58.6 Å². The van der Waals surface area contributed by atoms with E-state index in [0.717, 1.165) is 17.7 Å². The third kappa shape index (κ3) is 6.95. The Morgan fingerprint density at radius 2 is 2.00 bits per heavy atom. The number of aliphatic hydroxyl groups excluding tert-OH is 1. The Morgan fingerprint density at radius 1 is 1.33 bits per heavy atom. The van der Waals surface area contributed by atoms with E-state index in [2.05, 4.69) is 19.2 Å². The number of hydrogen-bond acceptors (Lipinski definition) is 3. The van der Waals surface area contributed by atoms with E-state index >= 15 is 0 Å². The van der Waals surface area contributed by atoms with Gasteiger partial charge in [-0.2, -0.15) is 0 Å². The van der Waals surface area contributed by atoms with Gasteiger partial charge in [0, 0.05) is 6.08 Å². The third-order valence-corrected chi connectivity index (χ3v) is 2.94. The quantitative estimate of drug-likeness (QED) is 0.724. The average molecular weight is 291 g/mol. The van der Waals surface area contributed by atoms with E-state index in [1.165, 1.54) is 6.08 Å². The molecule has 0 fully saturated rings. The molecule has 0 heterocycles. The van der Waals surface area contributed by atoms with Crippen LogP contribution in [0.1, 0.15) is 32.8 Å². The Kier molecular flexibility index (Phi) is 7.54. The Labute approximate surface area is 126 Å². The molecule has 1 rings (SSSR count). The fourth-order valence-electron chi connectivity index (χ4n) is 2.01. The van der Waals surface area contributed by atoms with Crippen molar-refractivity contribution < 1.29 is 14.6 Å². The van der Waals surface area contributed by atoms with Crippen LogP contribution < -0.4 is 10.1 Å². The van der Waals surface area contributed by atoms with Crippen molar-refractivity contribution in [3.8, 4) is 5.75 Å². The number of amides is 1. The highest BCUT2D eigenvalue weighted by Crippen LogP contribution is 2.13. The first-order chi connectivity index (χ1) is 10.0. The van der Waals surface area contributed by atoms with Gasteiger partial charge in [0.25, 0.3) is 0 Å². The van der Waals surface area contributed by atoms with E-state index in [9.17, 15) is 9.90 Å². The second-order valence-corrected chi connectivity index (χ2v) is 5.35. The van der Waals surface area contributed by atoms with Crippen molar-refractivity contribution in [2.45, 2.75) is 33.2 Å². The number of carbonyl (C=O) groups excluding carboxylic acids is 1. The molecule has 0 radical (unpaired) electrons. The van der Waals surface area contributed by atoms with Gasteiger partial charge in [-0.3, -0.25) is 4.79 Å². The van der Waals surface area contributed by atoms with Crippen molar-refractivity contribution in [1.82, 2.24) is 5.32 Å². The first-order valence-electron chi connectivity index (χ1n) is 7.37. The summed E-state index contributed by atoms with van der Waals surface area (Å²) in [4.78, 5) is 11.8. The lowest BCUT2D eigenvalue weighted by molar-refractivity contribution is -0.117. The summed E-state index contributed by atoms with van der Waals surface area (Å²) in [5, 5.41) is 12.0. The molecule has 2 N–H and O–H groups in total. The fourth-order valence-corrected chi connectivity index (χ4v) is 2.01. The molecule has 4 heteroatoms. The van der Waals surface area contributed by atoms with E-state index in [1.807, 2.05) is 31.2 Å². The maximum atomic E-state index is 11.8. The van der Waals surface area contributed by atoms with Crippen LogP contribution in [0.2, 0.25) is 0 Å². The zero-order valence-electron chi connectivity index (χ0n) is 13.0. The first-order valence-corrected chi connectivity index (χ1v) is 7.37. The van der Waals surface area contributed by atoms with Gasteiger partial charge in [0.1, 0.15) is 5.75 Å². The zero-order valence-corrected chi connectivity index (χ0v) is 13.0. The van der Waals surface area contributed by atoms with Crippen molar-refractivity contribution in [3.63, 3.8) is 0 Å². The summed E-state index contributed by atoms with van der Waals surface area (Å²) in [5.41, 5.74) is 0.929. The Bertz CT molecular complexity index is 452. The maximum Gasteiger partial charge on any atom is 0.244 e. The molecule has 0 aliphatic rings. The molecule has 4 nitrogen and oxygen atoms in total. The van der Waals surface area contributed by atoms with Gasteiger partial charge in [-0.25, -0.2) is 0 Å². The van der Waals surface area contributed by atoms with Crippen molar-refractivity contribution in [2.75, 3.05) is 13.2 Å². The number of hydrogen-bond donors (Lipinski definition) is 2. The fraction of sp³-hybridized carbons (Fsp3) is 0.471. The molecule has 0 saturated carbocycles. The predicted molar refractivity (Wildman–Crippen MR) is 85.1 cm³/mol. The van der Waals surface area contributed by atoms with Crippen molar-refractivity contribution in [1.29, 1.82) is 0 Å². The smallest absolute Gasteiger partial charge is 0.244 e. The number of ether oxygens (including phenoxy) is 1. The van der Waals surface area contributed by atoms with E-state index < -0.39 is 0 Å². The highest BCUT2D eigenvalue weighted by molar-refractivity contribution is 5.91. The Hall–Kier alpha value is -1.81. The van der Waals surface area contributed by atoms with Crippen LogP contribution in [0, 0.1) is 5.92 Å². The van der Waals surface area contributed by atoms with E-state index in [0.29, 0.717) is 12.5 Å². The highest BCUT2D eigenvalue weighted by Gasteiger charge is 2.11. The molecule has 1 aromatic carbocycles. The van der Waals surface area contributed by atoms with E-state index in [1.54, 1.807) is 6.08 Å². The molecular formula is C17H25NO3. The minimum atomic E-state index is -0.192. The van der Waals surface area contributed by atoms with Crippen molar-refractivity contribution >= 4 is 12.0 Å². The predicted octanol–water partition coefficient (Wildman–Crippen LogP) is 2.62. The molecule has 0 spiro atoms. The van der Waals surface area contributed by atoms with Crippen LogP contribution in [0.3, 0.4) is 0 Å². The number of rotatable bonds is 8. The van der Waals surface area contributed by atoms with Gasteiger partial charge in [-0.1, -0.05) is 26.0 Å². The van der Waals surface area contributed by atoms with Crippen LogP contribution in [-0.2, 0) is 4.79 Å². The van der Waals surface area contributed by atoms with Crippen LogP contribution in [0.4, 0.5) is 0 Å². The minimum absolute atomic E-state index is 0.0409. The molecule has 21 heavy (non-hydrogen) atoms. The van der Waals surface area contributed by atoms with Crippen LogP contribution in [-0.4, -0.2) is 30.3 Å². The molecule has 0 saturated heterocycles. The Morgan fingerprint density at radius 3 is 2.52 bits per heavy atom. The second kappa shape index (κ2) is 9.19. The summed E-state index contributed by atoms with van der Waals surface area (Å²) in [5.74, 6) is 1.05. The zero-order chi connectivity index (χ0) is 15.7. The first kappa shape index (κ1) is 17.2. The molecule has 0 aliphatic carbocycles. The highest BCUT2D eigenvalue weighted by atomic mass is 16.5. The van der Waals surface area contributed by atoms with Gasteiger partial charge in [0.15, 0.2) is 0 Å². The summed E-state index contributed by atoms with van der Waals surface area (Å²) < 4.78 is 5.36. The number of aliphatic hydroxyl groups is 1. The lowest BCUT2D eigenvalue weighted by atomic mass is 10.0. The summed E-state index contributed by atoms with van der Waals surface area (Å²) >= 11 is 0. The standard InChI is InChI=1S/C17H25NO3/c1-4-21-16-8-5-14(6-9-16)7-10-17(20)18-15(12-19)11-13(2)3/h5-10,13,15,19H,4,11-12H2,1-3H3,(H,18,20). The average Bonchev–Trinajstić information content (AvgIpc) is 2.45. The molecular weight excluding hydrogens is 266 g/mol. The summed E-state index contributed by atoms with van der Waals surface area (Å²) in [7, 11) is 0. The van der Waals surface area contributed by atoms with Crippen LogP contribution >= 0.6 is 0 Å². The molecule has 1 aromatic rings. The van der Waals surface area contributed by atoms with Gasteiger partial charge < -0.3 is 15.2 Å². The summed E-state index contributed by atoms with van der Waals surface area (Å²) in [6.45, 7) is 6.65. The van der Waals surface area contributed by atoms with Gasteiger partial charge in [-0.15, -0.1) is 0 Å². The van der Waals surface area contributed by atoms with Gasteiger partial charge in [-0.05, 0) is 43.0 Å². The number of carbonyl (C=O) groups is 1. The van der Waals surface area contributed by atoms with Crippen LogP contribution in [0.5, 0.6) is 5.75 Å². The third-order valence-electron chi connectivity index (χ3n) is 2.94. The molecule has 1 atom stereocenters. The number of nitrogens with one attached hydrogen (secondary N) is 1. The molecule has 0 aromatic heterocycles. The molecule has 0 aliphatic heterocycles. The lowest BCUT2D eigenvalue weighted by Gasteiger charge is -2.17. The SMILES string of the molecule is CCOc1ccc(C=CC(=O)NC(CO)CC(C)C)cc1. The molecule has 1 amide bonds. The minimum Gasteiger partial charge on any atom is -0.494 e. The van der Waals surface area contributed by atoms with Gasteiger partial charge in [0.05, 0.1) is 19.3 Å².